The van der Waals surface area contributed by atoms with Gasteiger partial charge in [-0.3, -0.25) is 4.68 Å². The van der Waals surface area contributed by atoms with Gasteiger partial charge in [0, 0.05) is 38.1 Å². The zero-order chi connectivity index (χ0) is 15.5. The van der Waals surface area contributed by atoms with Gasteiger partial charge >= 0.3 is 0 Å². The molecule has 2 rings (SSSR count). The maximum Gasteiger partial charge on any atom is 0.242 e. The van der Waals surface area contributed by atoms with Crippen LogP contribution in [0.1, 0.15) is 18.2 Å². The molecule has 0 bridgehead atoms. The molecule has 2 heterocycles. The van der Waals surface area contributed by atoms with Crippen LogP contribution in [0.2, 0.25) is 0 Å². The molecule has 0 fully saturated rings. The standard InChI is InChI=1S/C13H19N5O2S/c1-4-14-13-6-5-12(8-15-13)21(19,20)16-7-11-9-18(3)17-10(11)2/h5-6,8-9,16H,4,7H2,1-3H3,(H,14,15). The Morgan fingerprint density at radius 2 is 2.10 bits per heavy atom. The van der Waals surface area contributed by atoms with E-state index in [-0.39, 0.29) is 11.4 Å². The van der Waals surface area contributed by atoms with Crippen LogP contribution in [0.3, 0.4) is 0 Å². The molecule has 0 saturated carbocycles. The molecule has 2 aromatic heterocycles. The first-order valence-corrected chi connectivity index (χ1v) is 8.09. The monoisotopic (exact) mass is 309 g/mol. The highest BCUT2D eigenvalue weighted by Gasteiger charge is 2.15. The van der Waals surface area contributed by atoms with Gasteiger partial charge in [-0.15, -0.1) is 0 Å². The second-order valence-corrected chi connectivity index (χ2v) is 6.41. The van der Waals surface area contributed by atoms with E-state index in [0.717, 1.165) is 17.8 Å². The molecule has 0 amide bonds. The number of aromatic nitrogens is 3. The first kappa shape index (κ1) is 15.5. The summed E-state index contributed by atoms with van der Waals surface area (Å²) in [6.07, 6.45) is 3.14. The summed E-state index contributed by atoms with van der Waals surface area (Å²) >= 11 is 0. The molecule has 0 aromatic carbocycles. The topological polar surface area (TPSA) is 88.9 Å². The van der Waals surface area contributed by atoms with Crippen LogP contribution in [0.15, 0.2) is 29.4 Å². The Morgan fingerprint density at radius 3 is 2.62 bits per heavy atom. The number of nitrogens with zero attached hydrogens (tertiary/aromatic N) is 3. The van der Waals surface area contributed by atoms with E-state index in [2.05, 4.69) is 20.1 Å². The smallest absolute Gasteiger partial charge is 0.242 e. The van der Waals surface area contributed by atoms with Gasteiger partial charge in [0.2, 0.25) is 10.0 Å². The van der Waals surface area contributed by atoms with Gasteiger partial charge in [0.15, 0.2) is 0 Å². The van der Waals surface area contributed by atoms with Crippen molar-refractivity contribution in [2.75, 3.05) is 11.9 Å². The van der Waals surface area contributed by atoms with Gasteiger partial charge in [-0.2, -0.15) is 5.10 Å². The Morgan fingerprint density at radius 1 is 1.33 bits per heavy atom. The van der Waals surface area contributed by atoms with Crippen LogP contribution in [0.5, 0.6) is 0 Å². The third kappa shape index (κ3) is 3.79. The fraction of sp³-hybridized carbons (Fsp3) is 0.385. The molecule has 2 aromatic rings. The minimum Gasteiger partial charge on any atom is -0.370 e. The largest absolute Gasteiger partial charge is 0.370 e. The van der Waals surface area contributed by atoms with E-state index in [1.54, 1.807) is 24.0 Å². The van der Waals surface area contributed by atoms with Crippen molar-refractivity contribution in [1.29, 1.82) is 0 Å². The summed E-state index contributed by atoms with van der Waals surface area (Å²) in [4.78, 5) is 4.21. The van der Waals surface area contributed by atoms with Crippen LogP contribution < -0.4 is 10.0 Å². The number of rotatable bonds is 6. The second-order valence-electron chi connectivity index (χ2n) is 4.65. The number of hydrogen-bond acceptors (Lipinski definition) is 5. The molecule has 2 N–H and O–H groups in total. The number of sulfonamides is 1. The van der Waals surface area contributed by atoms with Crippen LogP contribution in [-0.4, -0.2) is 29.7 Å². The first-order chi connectivity index (χ1) is 9.92. The minimum absolute atomic E-state index is 0.144. The molecule has 0 radical (unpaired) electrons. The maximum absolute atomic E-state index is 12.2. The summed E-state index contributed by atoms with van der Waals surface area (Å²) in [6.45, 7) is 4.73. The van der Waals surface area contributed by atoms with Gasteiger partial charge in [-0.1, -0.05) is 0 Å². The van der Waals surface area contributed by atoms with Crippen molar-refractivity contribution in [3.05, 3.63) is 35.8 Å². The van der Waals surface area contributed by atoms with Crippen molar-refractivity contribution in [1.82, 2.24) is 19.5 Å². The molecule has 0 atom stereocenters. The summed E-state index contributed by atoms with van der Waals surface area (Å²) in [5.74, 6) is 0.652. The molecule has 0 aliphatic rings. The average molecular weight is 309 g/mol. The molecule has 8 heteroatoms. The number of aryl methyl sites for hydroxylation is 2. The Labute approximate surface area is 124 Å². The van der Waals surface area contributed by atoms with E-state index in [0.29, 0.717) is 5.82 Å². The summed E-state index contributed by atoms with van der Waals surface area (Å²) < 4.78 is 28.6. The van der Waals surface area contributed by atoms with Crippen molar-refractivity contribution >= 4 is 15.8 Å². The maximum atomic E-state index is 12.2. The molecule has 7 nitrogen and oxygen atoms in total. The van der Waals surface area contributed by atoms with E-state index in [4.69, 9.17) is 0 Å². The van der Waals surface area contributed by atoms with Crippen molar-refractivity contribution in [3.8, 4) is 0 Å². The van der Waals surface area contributed by atoms with Gasteiger partial charge in [0.25, 0.3) is 0 Å². The fourth-order valence-corrected chi connectivity index (χ4v) is 2.85. The van der Waals surface area contributed by atoms with Gasteiger partial charge in [0.05, 0.1) is 5.69 Å². The van der Waals surface area contributed by atoms with Crippen LogP contribution in [0.25, 0.3) is 0 Å². The van der Waals surface area contributed by atoms with Crippen molar-refractivity contribution in [2.24, 2.45) is 7.05 Å². The highest BCUT2D eigenvalue weighted by molar-refractivity contribution is 7.89. The van der Waals surface area contributed by atoms with E-state index in [9.17, 15) is 8.42 Å². The van der Waals surface area contributed by atoms with Gasteiger partial charge < -0.3 is 5.32 Å². The SMILES string of the molecule is CCNc1ccc(S(=O)(=O)NCc2cn(C)nc2C)cn1. The highest BCUT2D eigenvalue weighted by Crippen LogP contribution is 2.12. The molecule has 0 aliphatic heterocycles. The van der Waals surface area contributed by atoms with Crippen LogP contribution >= 0.6 is 0 Å². The van der Waals surface area contributed by atoms with E-state index < -0.39 is 10.0 Å². The zero-order valence-corrected chi connectivity index (χ0v) is 13.1. The van der Waals surface area contributed by atoms with Gasteiger partial charge in [-0.05, 0) is 26.0 Å². The minimum atomic E-state index is -3.57. The second kappa shape index (κ2) is 6.23. The lowest BCUT2D eigenvalue weighted by Gasteiger charge is -2.07. The third-order valence-electron chi connectivity index (χ3n) is 2.97. The predicted molar refractivity (Wildman–Crippen MR) is 80.4 cm³/mol. The van der Waals surface area contributed by atoms with Crippen LogP contribution in [-0.2, 0) is 23.6 Å². The lowest BCUT2D eigenvalue weighted by atomic mass is 10.3. The summed E-state index contributed by atoms with van der Waals surface area (Å²) in [7, 11) is -1.78. The molecular formula is C13H19N5O2S. The number of hydrogen-bond donors (Lipinski definition) is 2. The summed E-state index contributed by atoms with van der Waals surface area (Å²) in [5, 5.41) is 7.19. The van der Waals surface area contributed by atoms with Crippen molar-refractivity contribution in [3.63, 3.8) is 0 Å². The molecule has 0 spiro atoms. The predicted octanol–water partition coefficient (Wildman–Crippen LogP) is 1.03. The van der Waals surface area contributed by atoms with E-state index in [1.165, 1.54) is 12.3 Å². The molecule has 0 aliphatic carbocycles. The van der Waals surface area contributed by atoms with Crippen LogP contribution in [0, 0.1) is 6.92 Å². The summed E-state index contributed by atoms with van der Waals surface area (Å²) in [5.41, 5.74) is 1.65. The first-order valence-electron chi connectivity index (χ1n) is 6.61. The Balaban J connectivity index is 2.09. The Hall–Kier alpha value is -1.93. The van der Waals surface area contributed by atoms with Crippen LogP contribution in [0.4, 0.5) is 5.82 Å². The molecule has 21 heavy (non-hydrogen) atoms. The zero-order valence-electron chi connectivity index (χ0n) is 12.3. The average Bonchev–Trinajstić information content (AvgIpc) is 2.76. The third-order valence-corrected chi connectivity index (χ3v) is 4.36. The summed E-state index contributed by atoms with van der Waals surface area (Å²) in [6, 6.07) is 3.18. The van der Waals surface area contributed by atoms with Gasteiger partial charge in [-0.25, -0.2) is 18.1 Å². The van der Waals surface area contributed by atoms with Crippen molar-refractivity contribution in [2.45, 2.75) is 25.3 Å². The lowest BCUT2D eigenvalue weighted by molar-refractivity contribution is 0.581. The van der Waals surface area contributed by atoms with Crippen molar-refractivity contribution < 1.29 is 8.42 Å². The van der Waals surface area contributed by atoms with Gasteiger partial charge in [0.1, 0.15) is 10.7 Å². The normalized spacial score (nSPS) is 11.6. The fourth-order valence-electron chi connectivity index (χ4n) is 1.90. The number of pyridine rings is 1. The lowest BCUT2D eigenvalue weighted by Crippen LogP contribution is -2.23. The molecule has 0 unspecified atom stereocenters. The number of anilines is 1. The van der Waals surface area contributed by atoms with E-state index in [1.807, 2.05) is 13.8 Å². The van der Waals surface area contributed by atoms with E-state index >= 15 is 0 Å². The Kier molecular flexibility index (Phi) is 4.59. The highest BCUT2D eigenvalue weighted by atomic mass is 32.2. The quantitative estimate of drug-likeness (QED) is 0.832. The molecule has 114 valence electrons. The molecular weight excluding hydrogens is 290 g/mol. The number of nitrogens with one attached hydrogen (secondary N) is 2. The molecule has 0 saturated heterocycles. The Bertz CT molecular complexity index is 707.